The summed E-state index contributed by atoms with van der Waals surface area (Å²) in [6, 6.07) is 14.3. The summed E-state index contributed by atoms with van der Waals surface area (Å²) in [7, 11) is 0. The van der Waals surface area contributed by atoms with Gasteiger partial charge in [0.2, 0.25) is 0 Å². The number of hydrogen-bond acceptors (Lipinski definition) is 10. The van der Waals surface area contributed by atoms with Crippen LogP contribution in [0.3, 0.4) is 0 Å². The zero-order valence-electron chi connectivity index (χ0n) is 18.7. The van der Waals surface area contributed by atoms with Crippen molar-refractivity contribution in [2.24, 2.45) is 0 Å². The van der Waals surface area contributed by atoms with E-state index in [2.05, 4.69) is 6.58 Å². The lowest BCUT2D eigenvalue weighted by molar-refractivity contribution is -0.138. The standard InChI is InChI=1S/C26H20O10/c1-2-23(29)33-13-14-34-26(32)21-15-20(35-24(30)16-3-7-18(27)8-4-16)11-12-22(21)36-25(31)17-5-9-19(28)10-6-17/h2-12,15,27-28H,1,13-14H2. The predicted molar refractivity (Wildman–Crippen MR) is 124 cm³/mol. The molecule has 0 saturated carbocycles. The molecule has 184 valence electrons. The topological polar surface area (TPSA) is 146 Å². The van der Waals surface area contributed by atoms with Crippen LogP contribution in [0.15, 0.2) is 79.4 Å². The van der Waals surface area contributed by atoms with Gasteiger partial charge in [0.1, 0.15) is 41.8 Å². The van der Waals surface area contributed by atoms with Crippen molar-refractivity contribution in [2.75, 3.05) is 13.2 Å². The second kappa shape index (κ2) is 11.8. The number of hydrogen-bond donors (Lipinski definition) is 2. The van der Waals surface area contributed by atoms with Gasteiger partial charge >= 0.3 is 23.9 Å². The average Bonchev–Trinajstić information content (AvgIpc) is 2.87. The summed E-state index contributed by atoms with van der Waals surface area (Å²) >= 11 is 0. The molecular weight excluding hydrogens is 472 g/mol. The molecular formula is C26H20O10. The van der Waals surface area contributed by atoms with Gasteiger partial charge in [0.05, 0.1) is 11.1 Å². The largest absolute Gasteiger partial charge is 0.508 e. The fraction of sp³-hybridized carbons (Fsp3) is 0.0769. The number of aromatic hydroxyl groups is 2. The molecule has 0 saturated heterocycles. The minimum absolute atomic E-state index is 0.0323. The third kappa shape index (κ3) is 6.94. The Morgan fingerprint density at radius 1 is 0.694 bits per heavy atom. The lowest BCUT2D eigenvalue weighted by Crippen LogP contribution is -2.16. The number of phenols is 2. The maximum Gasteiger partial charge on any atom is 0.343 e. The number of esters is 4. The number of rotatable bonds is 9. The number of ether oxygens (including phenoxy) is 4. The highest BCUT2D eigenvalue weighted by molar-refractivity contribution is 5.97. The van der Waals surface area contributed by atoms with Crippen molar-refractivity contribution < 1.29 is 48.3 Å². The van der Waals surface area contributed by atoms with Gasteiger partial charge in [0.25, 0.3) is 0 Å². The molecule has 0 radical (unpaired) electrons. The van der Waals surface area contributed by atoms with Crippen molar-refractivity contribution in [3.8, 4) is 23.0 Å². The molecule has 3 aromatic rings. The summed E-state index contributed by atoms with van der Waals surface area (Å²) in [6.45, 7) is 2.71. The Kier molecular flexibility index (Phi) is 8.39. The van der Waals surface area contributed by atoms with E-state index in [0.29, 0.717) is 0 Å². The molecule has 36 heavy (non-hydrogen) atoms. The number of carbonyl (C=O) groups excluding carboxylic acids is 4. The average molecular weight is 492 g/mol. The van der Waals surface area contributed by atoms with E-state index in [1.54, 1.807) is 0 Å². The Labute approximate surface area is 204 Å². The molecule has 0 aliphatic heterocycles. The highest BCUT2D eigenvalue weighted by Gasteiger charge is 2.20. The van der Waals surface area contributed by atoms with Crippen molar-refractivity contribution in [3.05, 3.63) is 96.1 Å². The summed E-state index contributed by atoms with van der Waals surface area (Å²) in [5.41, 5.74) is 0.00302. The van der Waals surface area contributed by atoms with Crippen molar-refractivity contribution in [2.45, 2.75) is 0 Å². The highest BCUT2D eigenvalue weighted by atomic mass is 16.6. The minimum Gasteiger partial charge on any atom is -0.508 e. The summed E-state index contributed by atoms with van der Waals surface area (Å²) < 4.78 is 20.4. The molecule has 10 nitrogen and oxygen atoms in total. The van der Waals surface area contributed by atoms with Gasteiger partial charge in [0.15, 0.2) is 0 Å². The van der Waals surface area contributed by atoms with Crippen LogP contribution < -0.4 is 9.47 Å². The van der Waals surface area contributed by atoms with Crippen molar-refractivity contribution in [3.63, 3.8) is 0 Å². The molecule has 0 fully saturated rings. The molecule has 0 amide bonds. The Hall–Kier alpha value is -5.12. The minimum atomic E-state index is -0.944. The molecule has 3 rings (SSSR count). The maximum atomic E-state index is 12.7. The lowest BCUT2D eigenvalue weighted by atomic mass is 10.1. The van der Waals surface area contributed by atoms with E-state index in [0.717, 1.165) is 12.1 Å². The van der Waals surface area contributed by atoms with Crippen molar-refractivity contribution in [1.29, 1.82) is 0 Å². The van der Waals surface area contributed by atoms with E-state index in [4.69, 9.17) is 18.9 Å². The molecule has 0 heterocycles. The van der Waals surface area contributed by atoms with E-state index in [1.165, 1.54) is 60.7 Å². The quantitative estimate of drug-likeness (QED) is 0.197. The Morgan fingerprint density at radius 2 is 1.22 bits per heavy atom. The Balaban J connectivity index is 1.81. The third-order valence-corrected chi connectivity index (χ3v) is 4.52. The van der Waals surface area contributed by atoms with Crippen molar-refractivity contribution >= 4 is 23.9 Å². The van der Waals surface area contributed by atoms with Gasteiger partial charge in [-0.3, -0.25) is 0 Å². The fourth-order valence-electron chi connectivity index (χ4n) is 2.75. The zero-order valence-corrected chi connectivity index (χ0v) is 18.7. The molecule has 0 aliphatic carbocycles. The van der Waals surface area contributed by atoms with Gasteiger partial charge in [-0.2, -0.15) is 0 Å². The predicted octanol–water partition coefficient (Wildman–Crippen LogP) is 3.42. The smallest absolute Gasteiger partial charge is 0.343 e. The van der Waals surface area contributed by atoms with E-state index < -0.39 is 23.9 Å². The van der Waals surface area contributed by atoms with Crippen LogP contribution in [0, 0.1) is 0 Å². The molecule has 0 atom stereocenters. The molecule has 0 bridgehead atoms. The van der Waals surface area contributed by atoms with E-state index in [9.17, 15) is 29.4 Å². The van der Waals surface area contributed by atoms with Crippen LogP contribution in [0.5, 0.6) is 23.0 Å². The summed E-state index contributed by atoms with van der Waals surface area (Å²) in [5.74, 6) is -3.55. The third-order valence-electron chi connectivity index (χ3n) is 4.52. The second-order valence-electron chi connectivity index (χ2n) is 7.04. The second-order valence-corrected chi connectivity index (χ2v) is 7.04. The van der Waals surface area contributed by atoms with Gasteiger partial charge in [-0.1, -0.05) is 6.58 Å². The van der Waals surface area contributed by atoms with Crippen LogP contribution in [0.2, 0.25) is 0 Å². The van der Waals surface area contributed by atoms with Gasteiger partial charge in [0, 0.05) is 6.08 Å². The number of phenolic OH excluding ortho intramolecular Hbond substituents is 2. The first-order chi connectivity index (χ1) is 17.3. The monoisotopic (exact) mass is 492 g/mol. The zero-order chi connectivity index (χ0) is 26.1. The first-order valence-electron chi connectivity index (χ1n) is 10.4. The first-order valence-corrected chi connectivity index (χ1v) is 10.4. The Morgan fingerprint density at radius 3 is 1.78 bits per heavy atom. The molecule has 0 spiro atoms. The fourth-order valence-corrected chi connectivity index (χ4v) is 2.75. The molecule has 10 heteroatoms. The number of benzene rings is 3. The van der Waals surface area contributed by atoms with Gasteiger partial charge in [-0.25, -0.2) is 19.2 Å². The SMILES string of the molecule is C=CC(=O)OCCOC(=O)c1cc(OC(=O)c2ccc(O)cc2)ccc1OC(=O)c1ccc(O)cc1. The number of carbonyl (C=O) groups is 4. The van der Waals surface area contributed by atoms with Gasteiger partial charge in [-0.15, -0.1) is 0 Å². The van der Waals surface area contributed by atoms with Crippen molar-refractivity contribution in [1.82, 2.24) is 0 Å². The van der Waals surface area contributed by atoms with Crippen LogP contribution in [0.4, 0.5) is 0 Å². The molecule has 3 aromatic carbocycles. The highest BCUT2D eigenvalue weighted by Crippen LogP contribution is 2.27. The maximum absolute atomic E-state index is 12.7. The summed E-state index contributed by atoms with van der Waals surface area (Å²) in [6.07, 6.45) is 0.953. The van der Waals surface area contributed by atoms with E-state index >= 15 is 0 Å². The summed E-state index contributed by atoms with van der Waals surface area (Å²) in [5, 5.41) is 18.8. The van der Waals surface area contributed by atoms with Gasteiger partial charge < -0.3 is 29.2 Å². The van der Waals surface area contributed by atoms with Crippen LogP contribution in [0.1, 0.15) is 31.1 Å². The van der Waals surface area contributed by atoms with E-state index in [-0.39, 0.29) is 52.9 Å². The summed E-state index contributed by atoms with van der Waals surface area (Å²) in [4.78, 5) is 48.8. The normalized spacial score (nSPS) is 10.1. The van der Waals surface area contributed by atoms with Crippen LogP contribution in [-0.4, -0.2) is 47.3 Å². The lowest BCUT2D eigenvalue weighted by Gasteiger charge is -2.12. The van der Waals surface area contributed by atoms with Crippen LogP contribution >= 0.6 is 0 Å². The first kappa shape index (κ1) is 25.5. The van der Waals surface area contributed by atoms with E-state index in [1.807, 2.05) is 0 Å². The molecule has 0 aliphatic rings. The van der Waals surface area contributed by atoms with Crippen LogP contribution in [0.25, 0.3) is 0 Å². The Bertz CT molecular complexity index is 1280. The molecule has 0 unspecified atom stereocenters. The molecule has 0 aromatic heterocycles. The van der Waals surface area contributed by atoms with Gasteiger partial charge in [-0.05, 0) is 66.7 Å². The van der Waals surface area contributed by atoms with Crippen LogP contribution in [-0.2, 0) is 14.3 Å². The molecule has 2 N–H and O–H groups in total.